The second kappa shape index (κ2) is 8.36. The molecule has 1 saturated carbocycles. The average Bonchev–Trinajstić information content (AvgIpc) is 3.40. The van der Waals surface area contributed by atoms with E-state index in [1.165, 1.54) is 17.8 Å². The predicted molar refractivity (Wildman–Crippen MR) is 99.9 cm³/mol. The SMILES string of the molecule is CC(=O)OC[C@H]1O[C@@H](n2ncc3c(NOC4CCCC4)nc(Cl)nc32)[C@H](O)[C@H]1O. The third kappa shape index (κ3) is 4.14. The summed E-state index contributed by atoms with van der Waals surface area (Å²) in [7, 11) is 0. The number of hydrogen-bond acceptors (Lipinski definition) is 10. The molecule has 3 N–H and O–H groups in total. The van der Waals surface area contributed by atoms with Crippen molar-refractivity contribution in [2.45, 2.75) is 63.3 Å². The number of nitrogens with one attached hydrogen (secondary N) is 1. The Balaban J connectivity index is 1.57. The van der Waals surface area contributed by atoms with Gasteiger partial charge in [-0.1, -0.05) is 12.8 Å². The Bertz CT molecular complexity index is 889. The summed E-state index contributed by atoms with van der Waals surface area (Å²) in [6, 6.07) is 0. The molecule has 2 aromatic heterocycles. The summed E-state index contributed by atoms with van der Waals surface area (Å²) >= 11 is 6.06. The first-order chi connectivity index (χ1) is 13.9. The zero-order valence-corrected chi connectivity index (χ0v) is 16.4. The predicted octanol–water partition coefficient (Wildman–Crippen LogP) is 0.948. The number of aliphatic hydroxyl groups excluding tert-OH is 2. The standard InChI is InChI=1S/C17H22ClN5O6/c1-8(24)27-7-11-12(25)13(26)16(28-11)23-15-10(6-19-23)14(20-17(18)21-15)22-29-9-4-2-3-5-9/h6,9,11-13,16,25-26H,2-5,7H2,1H3,(H,20,21,22)/t11-,12+,13-,16-/m1/s1. The smallest absolute Gasteiger partial charge is 0.302 e. The number of hydrogen-bond donors (Lipinski definition) is 3. The van der Waals surface area contributed by atoms with Crippen LogP contribution in [0.5, 0.6) is 0 Å². The molecular weight excluding hydrogens is 406 g/mol. The molecule has 2 aromatic rings. The number of fused-ring (bicyclic) bond motifs is 1. The van der Waals surface area contributed by atoms with Gasteiger partial charge < -0.3 is 19.7 Å². The number of halogens is 1. The van der Waals surface area contributed by atoms with E-state index < -0.39 is 30.5 Å². The van der Waals surface area contributed by atoms with E-state index >= 15 is 0 Å². The van der Waals surface area contributed by atoms with Crippen molar-refractivity contribution >= 4 is 34.4 Å². The summed E-state index contributed by atoms with van der Waals surface area (Å²) in [5.74, 6) is -0.163. The number of esters is 1. The number of aliphatic hydroxyl groups is 2. The summed E-state index contributed by atoms with van der Waals surface area (Å²) in [6.45, 7) is 1.05. The molecule has 1 saturated heterocycles. The van der Waals surface area contributed by atoms with Crippen LogP contribution in [-0.2, 0) is 19.1 Å². The van der Waals surface area contributed by atoms with Crippen molar-refractivity contribution in [2.24, 2.45) is 0 Å². The van der Waals surface area contributed by atoms with Crippen LogP contribution in [0.25, 0.3) is 11.0 Å². The van der Waals surface area contributed by atoms with Crippen LogP contribution in [0.2, 0.25) is 5.28 Å². The molecule has 1 aliphatic heterocycles. The van der Waals surface area contributed by atoms with Crippen molar-refractivity contribution in [3.63, 3.8) is 0 Å². The maximum atomic E-state index is 11.0. The van der Waals surface area contributed by atoms with E-state index in [4.69, 9.17) is 25.9 Å². The molecule has 2 fully saturated rings. The molecule has 0 bridgehead atoms. The molecule has 0 spiro atoms. The molecule has 4 atom stereocenters. The number of ether oxygens (including phenoxy) is 2. The second-order valence-electron chi connectivity index (χ2n) is 7.14. The van der Waals surface area contributed by atoms with Crippen LogP contribution in [0.15, 0.2) is 6.20 Å². The quantitative estimate of drug-likeness (QED) is 0.346. The normalized spacial score (nSPS) is 27.6. The van der Waals surface area contributed by atoms with Crippen LogP contribution >= 0.6 is 11.6 Å². The average molecular weight is 428 g/mol. The summed E-state index contributed by atoms with van der Waals surface area (Å²) in [5.41, 5.74) is 3.13. The minimum Gasteiger partial charge on any atom is -0.463 e. The van der Waals surface area contributed by atoms with E-state index in [-0.39, 0.29) is 18.0 Å². The van der Waals surface area contributed by atoms with Crippen molar-refractivity contribution in [2.75, 3.05) is 12.1 Å². The van der Waals surface area contributed by atoms with Gasteiger partial charge in [-0.15, -0.1) is 0 Å². The van der Waals surface area contributed by atoms with Crippen LogP contribution in [0, 0.1) is 0 Å². The van der Waals surface area contributed by atoms with Gasteiger partial charge in [0.25, 0.3) is 0 Å². The maximum absolute atomic E-state index is 11.0. The van der Waals surface area contributed by atoms with Crippen molar-refractivity contribution in [1.82, 2.24) is 19.7 Å². The van der Waals surface area contributed by atoms with Crippen LogP contribution in [0.3, 0.4) is 0 Å². The van der Waals surface area contributed by atoms with Gasteiger partial charge in [0.2, 0.25) is 5.28 Å². The molecule has 29 heavy (non-hydrogen) atoms. The molecule has 11 nitrogen and oxygen atoms in total. The third-order valence-corrected chi connectivity index (χ3v) is 5.25. The van der Waals surface area contributed by atoms with Crippen molar-refractivity contribution < 1.29 is 29.3 Å². The van der Waals surface area contributed by atoms with E-state index in [0.29, 0.717) is 16.9 Å². The molecule has 4 rings (SSSR count). The molecule has 0 unspecified atom stereocenters. The number of carbonyl (C=O) groups excluding carboxylic acids is 1. The lowest BCUT2D eigenvalue weighted by Gasteiger charge is -2.16. The van der Waals surface area contributed by atoms with Crippen LogP contribution in [0.1, 0.15) is 38.8 Å². The van der Waals surface area contributed by atoms with Gasteiger partial charge in [0.05, 0.1) is 17.7 Å². The number of carbonyl (C=O) groups is 1. The van der Waals surface area contributed by atoms with Gasteiger partial charge in [-0.25, -0.2) is 10.2 Å². The number of aromatic nitrogens is 4. The Morgan fingerprint density at radius 2 is 2.10 bits per heavy atom. The van der Waals surface area contributed by atoms with Crippen molar-refractivity contribution in [3.8, 4) is 0 Å². The summed E-state index contributed by atoms with van der Waals surface area (Å²) in [4.78, 5) is 25.0. The molecule has 0 aromatic carbocycles. The van der Waals surface area contributed by atoms with Gasteiger partial charge in [-0.3, -0.25) is 9.63 Å². The lowest BCUT2D eigenvalue weighted by molar-refractivity contribution is -0.147. The van der Waals surface area contributed by atoms with Crippen LogP contribution in [0.4, 0.5) is 5.82 Å². The zero-order chi connectivity index (χ0) is 20.5. The van der Waals surface area contributed by atoms with Crippen LogP contribution in [-0.4, -0.2) is 67.0 Å². The first-order valence-electron chi connectivity index (χ1n) is 9.41. The molecule has 3 heterocycles. The van der Waals surface area contributed by atoms with E-state index in [1.807, 2.05) is 0 Å². The minimum absolute atomic E-state index is 0.0405. The van der Waals surface area contributed by atoms with Gasteiger partial charge >= 0.3 is 5.97 Å². The molecular formula is C17H22ClN5O6. The highest BCUT2D eigenvalue weighted by molar-refractivity contribution is 6.28. The Hall–Kier alpha value is -2.05. The van der Waals surface area contributed by atoms with Gasteiger partial charge in [-0.05, 0) is 24.4 Å². The minimum atomic E-state index is -1.31. The fourth-order valence-corrected chi connectivity index (χ4v) is 3.74. The monoisotopic (exact) mass is 427 g/mol. The maximum Gasteiger partial charge on any atom is 0.302 e. The fourth-order valence-electron chi connectivity index (χ4n) is 3.58. The molecule has 0 amide bonds. The Morgan fingerprint density at radius 3 is 2.83 bits per heavy atom. The molecule has 158 valence electrons. The van der Waals surface area contributed by atoms with Crippen molar-refractivity contribution in [1.29, 1.82) is 0 Å². The van der Waals surface area contributed by atoms with E-state index in [9.17, 15) is 15.0 Å². The summed E-state index contributed by atoms with van der Waals surface area (Å²) in [5, 5.41) is 25.3. The Labute approximate surface area is 170 Å². The number of anilines is 1. The molecule has 12 heteroatoms. The first kappa shape index (κ1) is 20.2. The lowest BCUT2D eigenvalue weighted by Crippen LogP contribution is -2.34. The number of rotatable bonds is 6. The third-order valence-electron chi connectivity index (χ3n) is 5.08. The lowest BCUT2D eigenvalue weighted by atomic mass is 10.1. The van der Waals surface area contributed by atoms with E-state index in [2.05, 4.69) is 20.5 Å². The number of nitrogens with zero attached hydrogens (tertiary/aromatic N) is 4. The summed E-state index contributed by atoms with van der Waals surface area (Å²) in [6.07, 6.45) is 1.26. The van der Waals surface area contributed by atoms with Gasteiger partial charge in [0.1, 0.15) is 24.9 Å². The Morgan fingerprint density at radius 1 is 1.34 bits per heavy atom. The second-order valence-corrected chi connectivity index (χ2v) is 7.48. The summed E-state index contributed by atoms with van der Waals surface area (Å²) < 4.78 is 11.9. The van der Waals surface area contributed by atoms with Crippen LogP contribution < -0.4 is 5.48 Å². The topological polar surface area (TPSA) is 141 Å². The zero-order valence-electron chi connectivity index (χ0n) is 15.7. The molecule has 2 aliphatic rings. The van der Waals surface area contributed by atoms with Gasteiger partial charge in [0, 0.05) is 6.92 Å². The van der Waals surface area contributed by atoms with Gasteiger partial charge in [0.15, 0.2) is 17.7 Å². The molecule has 1 aliphatic carbocycles. The highest BCUT2D eigenvalue weighted by Gasteiger charge is 2.45. The highest BCUT2D eigenvalue weighted by atomic mass is 35.5. The fraction of sp³-hybridized carbons (Fsp3) is 0.647. The van der Waals surface area contributed by atoms with E-state index in [1.54, 1.807) is 0 Å². The highest BCUT2D eigenvalue weighted by Crippen LogP contribution is 2.33. The largest absolute Gasteiger partial charge is 0.463 e. The Kier molecular flexibility index (Phi) is 5.83. The van der Waals surface area contributed by atoms with E-state index in [0.717, 1.165) is 25.7 Å². The first-order valence-corrected chi connectivity index (χ1v) is 9.79. The van der Waals surface area contributed by atoms with Crippen molar-refractivity contribution in [3.05, 3.63) is 11.5 Å². The van der Waals surface area contributed by atoms with Gasteiger partial charge in [-0.2, -0.15) is 15.1 Å². The molecule has 0 radical (unpaired) electrons.